The number of sulfonamides is 1. The number of aryl methyl sites for hydroxylation is 1. The fourth-order valence-corrected chi connectivity index (χ4v) is 5.62. The molecule has 8 heteroatoms. The fraction of sp³-hybridized carbons (Fsp3) is 0.789. The Labute approximate surface area is 162 Å². The van der Waals surface area contributed by atoms with E-state index in [-0.39, 0.29) is 11.9 Å². The Kier molecular flexibility index (Phi) is 6.57. The second-order valence-electron chi connectivity index (χ2n) is 8.01. The van der Waals surface area contributed by atoms with E-state index in [1.165, 1.54) is 31.9 Å². The number of hydrogen-bond acceptors (Lipinski definition) is 4. The van der Waals surface area contributed by atoms with E-state index in [0.717, 1.165) is 5.82 Å². The number of hydrogen-bond donors (Lipinski definition) is 0. The second-order valence-corrected chi connectivity index (χ2v) is 9.94. The maximum atomic E-state index is 12.5. The number of carbonyl (C=O) groups is 1. The minimum Gasteiger partial charge on any atom is -0.343 e. The number of carbonyl (C=O) groups excluding carboxylic acids is 1. The highest BCUT2D eigenvalue weighted by Crippen LogP contribution is 2.29. The van der Waals surface area contributed by atoms with E-state index in [1.807, 2.05) is 22.6 Å². The smallest absolute Gasteiger partial charge is 0.222 e. The minimum atomic E-state index is -3.29. The lowest BCUT2D eigenvalue weighted by Gasteiger charge is -2.37. The fourth-order valence-electron chi connectivity index (χ4n) is 4.46. The van der Waals surface area contributed by atoms with E-state index in [4.69, 9.17) is 0 Å². The summed E-state index contributed by atoms with van der Waals surface area (Å²) >= 11 is 0. The molecule has 1 amide bonds. The van der Waals surface area contributed by atoms with Crippen LogP contribution in [0.2, 0.25) is 0 Å². The Hall–Kier alpha value is -1.41. The van der Waals surface area contributed by atoms with Gasteiger partial charge in [-0.1, -0.05) is 12.8 Å². The van der Waals surface area contributed by atoms with Crippen LogP contribution in [-0.2, 0) is 21.4 Å². The molecule has 2 heterocycles. The van der Waals surface area contributed by atoms with E-state index in [0.29, 0.717) is 51.4 Å². The highest BCUT2D eigenvalue weighted by atomic mass is 32.2. The highest BCUT2D eigenvalue weighted by Gasteiger charge is 2.32. The molecule has 1 aromatic heterocycles. The van der Waals surface area contributed by atoms with Gasteiger partial charge in [0.1, 0.15) is 5.82 Å². The predicted molar refractivity (Wildman–Crippen MR) is 105 cm³/mol. The zero-order valence-electron chi connectivity index (χ0n) is 16.5. The van der Waals surface area contributed by atoms with E-state index in [9.17, 15) is 13.2 Å². The van der Waals surface area contributed by atoms with Gasteiger partial charge in [-0.3, -0.25) is 4.79 Å². The van der Waals surface area contributed by atoms with Crippen LogP contribution in [0.25, 0.3) is 0 Å². The van der Waals surface area contributed by atoms with Gasteiger partial charge in [-0.2, -0.15) is 4.31 Å². The Morgan fingerprint density at radius 3 is 2.44 bits per heavy atom. The number of piperidine rings is 1. The third-order valence-corrected chi connectivity index (χ3v) is 7.41. The molecule has 27 heavy (non-hydrogen) atoms. The molecule has 1 saturated heterocycles. The first kappa shape index (κ1) is 20.3. The van der Waals surface area contributed by atoms with Gasteiger partial charge in [0.25, 0.3) is 0 Å². The third kappa shape index (κ3) is 5.31. The molecular weight excluding hydrogens is 364 g/mol. The van der Waals surface area contributed by atoms with Gasteiger partial charge in [-0.25, -0.2) is 13.4 Å². The van der Waals surface area contributed by atoms with Crippen LogP contribution < -0.4 is 0 Å². The van der Waals surface area contributed by atoms with Crippen LogP contribution in [0.3, 0.4) is 0 Å². The summed E-state index contributed by atoms with van der Waals surface area (Å²) in [4.78, 5) is 18.7. The molecule has 0 atom stereocenters. The molecule has 0 N–H and O–H groups in total. The van der Waals surface area contributed by atoms with Crippen molar-refractivity contribution in [3.63, 3.8) is 0 Å². The van der Waals surface area contributed by atoms with Crippen molar-refractivity contribution in [3.8, 4) is 0 Å². The molecule has 7 nitrogen and oxygen atoms in total. The summed E-state index contributed by atoms with van der Waals surface area (Å²) in [5, 5.41) is 0. The zero-order valence-corrected chi connectivity index (χ0v) is 17.3. The normalized spacial score (nSPS) is 19.9. The Morgan fingerprint density at radius 2 is 1.89 bits per heavy atom. The molecule has 3 rings (SSSR count). The van der Waals surface area contributed by atoms with Gasteiger partial charge in [0.05, 0.1) is 6.26 Å². The van der Waals surface area contributed by atoms with E-state index in [2.05, 4.69) is 4.98 Å². The van der Waals surface area contributed by atoms with Gasteiger partial charge in [-0.05, 0) is 38.5 Å². The third-order valence-electron chi connectivity index (χ3n) is 6.07. The van der Waals surface area contributed by atoms with Crippen molar-refractivity contribution in [2.45, 2.75) is 64.5 Å². The standard InChI is InChI=1S/C19H32N4O3S/c1-16-20-9-12-21(16)13-14-23(27(2,25)26)18-7-10-22(11-8-18)19(24)15-17-5-3-4-6-17/h9,12,17-18H,3-8,10-11,13-15H2,1-2H3. The van der Waals surface area contributed by atoms with Crippen LogP contribution in [0.15, 0.2) is 12.4 Å². The quantitative estimate of drug-likeness (QED) is 0.707. The molecule has 152 valence electrons. The maximum absolute atomic E-state index is 12.5. The van der Waals surface area contributed by atoms with Crippen molar-refractivity contribution < 1.29 is 13.2 Å². The van der Waals surface area contributed by atoms with Gasteiger partial charge in [0, 0.05) is 51.0 Å². The highest BCUT2D eigenvalue weighted by molar-refractivity contribution is 7.88. The minimum absolute atomic E-state index is 0.0284. The molecule has 0 radical (unpaired) electrons. The van der Waals surface area contributed by atoms with Gasteiger partial charge in [0.15, 0.2) is 0 Å². The first-order valence-electron chi connectivity index (χ1n) is 10.1. The number of likely N-dealkylation sites (tertiary alicyclic amines) is 1. The molecule has 2 fully saturated rings. The van der Waals surface area contributed by atoms with E-state index < -0.39 is 10.0 Å². The summed E-state index contributed by atoms with van der Waals surface area (Å²) in [5.74, 6) is 1.69. The zero-order chi connectivity index (χ0) is 19.4. The number of imidazole rings is 1. The number of amides is 1. The van der Waals surface area contributed by atoms with Crippen molar-refractivity contribution in [2.24, 2.45) is 5.92 Å². The summed E-state index contributed by atoms with van der Waals surface area (Å²) in [6.45, 7) is 4.27. The molecule has 0 unspecified atom stereocenters. The molecule has 0 bridgehead atoms. The summed E-state index contributed by atoms with van der Waals surface area (Å²) in [7, 11) is -3.29. The van der Waals surface area contributed by atoms with Crippen molar-refractivity contribution in [2.75, 3.05) is 25.9 Å². The molecule has 1 aliphatic carbocycles. The van der Waals surface area contributed by atoms with Crippen molar-refractivity contribution in [3.05, 3.63) is 18.2 Å². The average molecular weight is 397 g/mol. The first-order chi connectivity index (χ1) is 12.8. The van der Waals surface area contributed by atoms with Gasteiger partial charge < -0.3 is 9.47 Å². The summed E-state index contributed by atoms with van der Waals surface area (Å²) in [6, 6.07) is -0.0284. The number of aromatic nitrogens is 2. The average Bonchev–Trinajstić information content (AvgIpc) is 3.26. The topological polar surface area (TPSA) is 75.5 Å². The van der Waals surface area contributed by atoms with E-state index in [1.54, 1.807) is 10.5 Å². The molecule has 0 spiro atoms. The first-order valence-corrected chi connectivity index (χ1v) is 11.9. The molecule has 1 saturated carbocycles. The molecule has 1 aliphatic heterocycles. The van der Waals surface area contributed by atoms with Gasteiger partial charge in [0.2, 0.25) is 15.9 Å². The van der Waals surface area contributed by atoms with Crippen LogP contribution in [0.4, 0.5) is 0 Å². The van der Waals surface area contributed by atoms with Crippen LogP contribution >= 0.6 is 0 Å². The monoisotopic (exact) mass is 396 g/mol. The van der Waals surface area contributed by atoms with Gasteiger partial charge >= 0.3 is 0 Å². The molecule has 1 aromatic rings. The molecular formula is C19H32N4O3S. The van der Waals surface area contributed by atoms with Crippen LogP contribution in [0, 0.1) is 12.8 Å². The number of rotatable bonds is 7. The lowest BCUT2D eigenvalue weighted by Crippen LogP contribution is -2.49. The Bertz CT molecular complexity index is 732. The second kappa shape index (κ2) is 8.73. The van der Waals surface area contributed by atoms with Gasteiger partial charge in [-0.15, -0.1) is 0 Å². The predicted octanol–water partition coefficient (Wildman–Crippen LogP) is 2.02. The van der Waals surface area contributed by atoms with Crippen molar-refractivity contribution >= 4 is 15.9 Å². The van der Waals surface area contributed by atoms with Crippen LogP contribution in [0.5, 0.6) is 0 Å². The SMILES string of the molecule is Cc1nccn1CCN(C1CCN(C(=O)CC2CCCC2)CC1)S(C)(=O)=O. The number of nitrogens with zero attached hydrogens (tertiary/aromatic N) is 4. The summed E-state index contributed by atoms with van der Waals surface area (Å²) < 4.78 is 28.3. The van der Waals surface area contributed by atoms with Crippen molar-refractivity contribution in [1.29, 1.82) is 0 Å². The summed E-state index contributed by atoms with van der Waals surface area (Å²) in [6.07, 6.45) is 11.8. The van der Waals surface area contributed by atoms with Crippen molar-refractivity contribution in [1.82, 2.24) is 18.8 Å². The van der Waals surface area contributed by atoms with Crippen LogP contribution in [0.1, 0.15) is 50.8 Å². The van der Waals surface area contributed by atoms with Crippen LogP contribution in [-0.4, -0.2) is 65.0 Å². The maximum Gasteiger partial charge on any atom is 0.222 e. The molecule has 0 aromatic carbocycles. The lowest BCUT2D eigenvalue weighted by atomic mass is 10.0. The molecule has 2 aliphatic rings. The Morgan fingerprint density at radius 1 is 1.22 bits per heavy atom. The lowest BCUT2D eigenvalue weighted by molar-refractivity contribution is -0.133. The largest absolute Gasteiger partial charge is 0.343 e. The van der Waals surface area contributed by atoms with E-state index >= 15 is 0 Å². The summed E-state index contributed by atoms with van der Waals surface area (Å²) in [5.41, 5.74) is 0. The Balaban J connectivity index is 1.54.